The lowest BCUT2D eigenvalue weighted by Crippen LogP contribution is -2.12. The van der Waals surface area contributed by atoms with Crippen molar-refractivity contribution in [1.82, 2.24) is 20.0 Å². The Morgan fingerprint density at radius 2 is 1.69 bits per heavy atom. The Bertz CT molecular complexity index is 907. The van der Waals surface area contributed by atoms with Crippen LogP contribution in [0.25, 0.3) is 11.6 Å². The minimum atomic E-state index is -0.450. The lowest BCUT2D eigenvalue weighted by atomic mass is 9.92. The minimum absolute atomic E-state index is 0.0590. The van der Waals surface area contributed by atoms with E-state index in [0.717, 1.165) is 16.3 Å². The molecule has 0 saturated heterocycles. The van der Waals surface area contributed by atoms with Gasteiger partial charge in [-0.3, -0.25) is 4.68 Å². The fourth-order valence-corrected chi connectivity index (χ4v) is 3.48. The summed E-state index contributed by atoms with van der Waals surface area (Å²) in [6, 6.07) is 8.37. The number of hydrogen-bond acceptors (Lipinski definition) is 5. The van der Waals surface area contributed by atoms with Crippen LogP contribution in [0.3, 0.4) is 0 Å². The normalized spacial score (nSPS) is 12.6. The van der Waals surface area contributed by atoms with Crippen LogP contribution < -0.4 is 0 Å². The lowest BCUT2D eigenvalue weighted by Gasteiger charge is -2.19. The second-order valence-electron chi connectivity index (χ2n) is 7.77. The molecule has 0 aliphatic carbocycles. The van der Waals surface area contributed by atoms with Gasteiger partial charge in [0.1, 0.15) is 11.5 Å². The van der Waals surface area contributed by atoms with Gasteiger partial charge in [-0.05, 0) is 44.2 Å². The number of thioether (sulfide) groups is 1. The number of aryl methyl sites for hydroxylation is 1. The average Bonchev–Trinajstić information content (AvgIpc) is 3.15. The van der Waals surface area contributed by atoms with E-state index in [1.165, 1.54) is 12.1 Å². The maximum absolute atomic E-state index is 13.1. The third-order valence-electron chi connectivity index (χ3n) is 3.99. The summed E-state index contributed by atoms with van der Waals surface area (Å²) in [5.74, 6) is 0.705. The summed E-state index contributed by atoms with van der Waals surface area (Å²) < 4.78 is 20.4. The fourth-order valence-electron chi connectivity index (χ4n) is 2.44. The van der Waals surface area contributed by atoms with Crippen molar-refractivity contribution in [2.45, 2.75) is 49.7 Å². The molecule has 5 nitrogen and oxygen atoms in total. The molecule has 2 heterocycles. The highest BCUT2D eigenvalue weighted by molar-refractivity contribution is 8.00. The highest BCUT2D eigenvalue weighted by Gasteiger charge is 2.30. The van der Waals surface area contributed by atoms with Crippen molar-refractivity contribution >= 4 is 11.8 Å². The molecule has 0 bridgehead atoms. The Balaban J connectivity index is 1.87. The monoisotopic (exact) mass is 374 g/mol. The molecule has 0 aliphatic heterocycles. The Hall–Kier alpha value is -2.15. The molecule has 0 spiro atoms. The number of hydrogen-bond donors (Lipinski definition) is 0. The van der Waals surface area contributed by atoms with E-state index in [1.807, 2.05) is 27.0 Å². The topological polar surface area (TPSA) is 56.7 Å². The Morgan fingerprint density at radius 3 is 2.27 bits per heavy atom. The first kappa shape index (κ1) is 18.6. The van der Waals surface area contributed by atoms with Crippen molar-refractivity contribution < 1.29 is 8.81 Å². The third-order valence-corrected chi connectivity index (χ3v) is 5.19. The van der Waals surface area contributed by atoms with Gasteiger partial charge in [-0.15, -0.1) is 22.0 Å². The van der Waals surface area contributed by atoms with E-state index in [9.17, 15) is 4.39 Å². The standard InChI is InChI=1S/C19H23FN4OS/c1-18(2,3)15-11-14(24(6)23-15)16-21-22-17(25-16)19(4,5)26-13-9-7-12(20)8-10-13/h7-11H,1-6H3. The zero-order valence-electron chi connectivity index (χ0n) is 15.9. The van der Waals surface area contributed by atoms with E-state index < -0.39 is 4.75 Å². The molecule has 0 saturated carbocycles. The van der Waals surface area contributed by atoms with Gasteiger partial charge in [0.05, 0.1) is 10.4 Å². The summed E-state index contributed by atoms with van der Waals surface area (Å²) in [4.78, 5) is 0.937. The summed E-state index contributed by atoms with van der Waals surface area (Å²) in [5.41, 5.74) is 1.70. The molecular formula is C19H23FN4OS. The number of nitrogens with zero attached hydrogens (tertiary/aromatic N) is 4. The maximum Gasteiger partial charge on any atom is 0.266 e. The van der Waals surface area contributed by atoms with Crippen LogP contribution in [0.5, 0.6) is 0 Å². The van der Waals surface area contributed by atoms with Crippen LogP contribution in [-0.4, -0.2) is 20.0 Å². The van der Waals surface area contributed by atoms with Gasteiger partial charge in [0.2, 0.25) is 5.89 Å². The predicted molar refractivity (Wildman–Crippen MR) is 100 cm³/mol. The molecule has 2 aromatic heterocycles. The van der Waals surface area contributed by atoms with Crippen LogP contribution in [0.1, 0.15) is 46.2 Å². The number of halogens is 1. The van der Waals surface area contributed by atoms with E-state index in [2.05, 4.69) is 36.1 Å². The zero-order chi connectivity index (χ0) is 19.1. The van der Waals surface area contributed by atoms with E-state index in [-0.39, 0.29) is 11.2 Å². The molecule has 0 aliphatic rings. The highest BCUT2D eigenvalue weighted by Crippen LogP contribution is 2.41. The van der Waals surface area contributed by atoms with Crippen LogP contribution in [0, 0.1) is 5.82 Å². The molecule has 138 valence electrons. The molecule has 1 aromatic carbocycles. The van der Waals surface area contributed by atoms with Crippen LogP contribution in [-0.2, 0) is 17.2 Å². The molecule has 0 N–H and O–H groups in total. The van der Waals surface area contributed by atoms with E-state index in [0.29, 0.717) is 11.8 Å². The van der Waals surface area contributed by atoms with Crippen molar-refractivity contribution in [2.75, 3.05) is 0 Å². The van der Waals surface area contributed by atoms with E-state index >= 15 is 0 Å². The van der Waals surface area contributed by atoms with Gasteiger partial charge in [-0.1, -0.05) is 20.8 Å². The first-order chi connectivity index (χ1) is 12.1. The molecule has 0 atom stereocenters. The summed E-state index contributed by atoms with van der Waals surface area (Å²) in [7, 11) is 1.87. The van der Waals surface area contributed by atoms with Gasteiger partial charge >= 0.3 is 0 Å². The van der Waals surface area contributed by atoms with Gasteiger partial charge in [-0.2, -0.15) is 5.10 Å². The molecule has 0 fully saturated rings. The SMILES string of the molecule is Cn1nc(C(C)(C)C)cc1-c1nnc(C(C)(C)Sc2ccc(F)cc2)o1. The molecule has 7 heteroatoms. The second-order valence-corrected chi connectivity index (χ2v) is 9.46. The highest BCUT2D eigenvalue weighted by atomic mass is 32.2. The molecule has 3 aromatic rings. The fraction of sp³-hybridized carbons (Fsp3) is 0.421. The van der Waals surface area contributed by atoms with Crippen LogP contribution in [0.2, 0.25) is 0 Å². The molecule has 0 amide bonds. The molecule has 0 unspecified atom stereocenters. The largest absolute Gasteiger partial charge is 0.418 e. The molecular weight excluding hydrogens is 351 g/mol. The molecule has 3 rings (SSSR count). The first-order valence-corrected chi connectivity index (χ1v) is 9.21. The predicted octanol–water partition coefficient (Wildman–Crippen LogP) is 4.93. The average molecular weight is 374 g/mol. The summed E-state index contributed by atoms with van der Waals surface area (Å²) in [6.45, 7) is 10.3. The van der Waals surface area contributed by atoms with Gasteiger partial charge in [0, 0.05) is 17.4 Å². The van der Waals surface area contributed by atoms with Crippen LogP contribution in [0.15, 0.2) is 39.6 Å². The third kappa shape index (κ3) is 3.82. The quantitative estimate of drug-likeness (QED) is 0.606. The van der Waals surface area contributed by atoms with Crippen molar-refractivity contribution in [3.63, 3.8) is 0 Å². The number of rotatable bonds is 4. The van der Waals surface area contributed by atoms with Crippen molar-refractivity contribution in [1.29, 1.82) is 0 Å². The minimum Gasteiger partial charge on any atom is -0.418 e. The summed E-state index contributed by atoms with van der Waals surface area (Å²) in [5, 5.41) is 13.0. The van der Waals surface area contributed by atoms with Gasteiger partial charge in [-0.25, -0.2) is 4.39 Å². The zero-order valence-corrected chi connectivity index (χ0v) is 16.7. The summed E-state index contributed by atoms with van der Waals surface area (Å²) >= 11 is 1.54. The van der Waals surface area contributed by atoms with Gasteiger partial charge in [0.25, 0.3) is 5.89 Å². The first-order valence-electron chi connectivity index (χ1n) is 8.40. The maximum atomic E-state index is 13.1. The Labute approximate surface area is 157 Å². The number of aromatic nitrogens is 4. The van der Waals surface area contributed by atoms with E-state index in [4.69, 9.17) is 4.42 Å². The van der Waals surface area contributed by atoms with Gasteiger partial charge in [0.15, 0.2) is 0 Å². The Morgan fingerprint density at radius 1 is 1.04 bits per heavy atom. The van der Waals surface area contributed by atoms with Crippen molar-refractivity contribution in [2.24, 2.45) is 7.05 Å². The van der Waals surface area contributed by atoms with Gasteiger partial charge < -0.3 is 4.42 Å². The lowest BCUT2D eigenvalue weighted by molar-refractivity contribution is 0.458. The van der Waals surface area contributed by atoms with Crippen molar-refractivity contribution in [3.05, 3.63) is 47.7 Å². The smallest absolute Gasteiger partial charge is 0.266 e. The molecule has 0 radical (unpaired) electrons. The molecule has 26 heavy (non-hydrogen) atoms. The number of benzene rings is 1. The van der Waals surface area contributed by atoms with E-state index in [1.54, 1.807) is 28.6 Å². The Kier molecular flexibility index (Phi) is 4.69. The van der Waals surface area contributed by atoms with Crippen LogP contribution >= 0.6 is 11.8 Å². The van der Waals surface area contributed by atoms with Crippen LogP contribution in [0.4, 0.5) is 4.39 Å². The summed E-state index contributed by atoms with van der Waals surface area (Å²) in [6.07, 6.45) is 0. The second kappa shape index (κ2) is 6.54. The van der Waals surface area contributed by atoms with Crippen molar-refractivity contribution in [3.8, 4) is 11.6 Å².